The molecule has 0 aromatic heterocycles. The smallest absolute Gasteiger partial charge is 0.224 e. The van der Waals surface area contributed by atoms with Gasteiger partial charge in [-0.1, -0.05) is 17.7 Å². The number of nitrogens with zero attached hydrogens (tertiary/aromatic N) is 1. The van der Waals surface area contributed by atoms with E-state index in [1.165, 1.54) is 6.42 Å². The largest absolute Gasteiger partial charge is 0.380 e. The summed E-state index contributed by atoms with van der Waals surface area (Å²) < 4.78 is 0. The van der Waals surface area contributed by atoms with Crippen molar-refractivity contribution in [3.05, 3.63) is 28.8 Å². The molecule has 0 radical (unpaired) electrons. The van der Waals surface area contributed by atoms with Gasteiger partial charge in [-0.3, -0.25) is 4.79 Å². The number of nitrogens with two attached hydrogens (primary N) is 1. The fourth-order valence-electron chi connectivity index (χ4n) is 2.59. The molecule has 1 unspecified atom stereocenters. The number of benzene rings is 1. The molecule has 1 aromatic rings. The van der Waals surface area contributed by atoms with E-state index in [-0.39, 0.29) is 11.9 Å². The molecule has 116 valence electrons. The number of likely N-dealkylation sites (tertiary alicyclic amines) is 1. The van der Waals surface area contributed by atoms with Crippen molar-refractivity contribution in [2.45, 2.75) is 38.6 Å². The topological polar surface area (TPSA) is 58.4 Å². The summed E-state index contributed by atoms with van der Waals surface area (Å²) in [6.07, 6.45) is 3.88. The van der Waals surface area contributed by atoms with Gasteiger partial charge >= 0.3 is 0 Å². The molecule has 0 saturated carbocycles. The second-order valence-corrected chi connectivity index (χ2v) is 6.09. The van der Waals surface area contributed by atoms with Crippen LogP contribution in [0.25, 0.3) is 0 Å². The lowest BCUT2D eigenvalue weighted by molar-refractivity contribution is -0.132. The number of rotatable bonds is 5. The molecule has 1 aliphatic heterocycles. The number of halogens is 1. The van der Waals surface area contributed by atoms with E-state index in [0.29, 0.717) is 13.0 Å². The standard InChI is InChI=1S/C16H24ClN3O/c1-12-5-6-13(9-15(12)17)19-14(11-18)10-16(21)20-7-3-2-4-8-20/h5-6,9,14,19H,2-4,7-8,10-11,18H2,1H3. The molecule has 1 aliphatic rings. The van der Waals surface area contributed by atoms with Gasteiger partial charge in [0, 0.05) is 42.8 Å². The summed E-state index contributed by atoms with van der Waals surface area (Å²) in [6, 6.07) is 5.75. The highest BCUT2D eigenvalue weighted by Gasteiger charge is 2.20. The molecule has 1 saturated heterocycles. The van der Waals surface area contributed by atoms with Crippen LogP contribution in [-0.4, -0.2) is 36.5 Å². The molecule has 1 heterocycles. The van der Waals surface area contributed by atoms with Crippen molar-refractivity contribution in [2.24, 2.45) is 5.73 Å². The zero-order valence-electron chi connectivity index (χ0n) is 12.6. The highest BCUT2D eigenvalue weighted by atomic mass is 35.5. The lowest BCUT2D eigenvalue weighted by Gasteiger charge is -2.28. The van der Waals surface area contributed by atoms with Crippen molar-refractivity contribution in [3.63, 3.8) is 0 Å². The van der Waals surface area contributed by atoms with Crippen LogP contribution in [0.5, 0.6) is 0 Å². The molecule has 0 spiro atoms. The maximum Gasteiger partial charge on any atom is 0.224 e. The van der Waals surface area contributed by atoms with Crippen LogP contribution in [0.4, 0.5) is 5.69 Å². The number of nitrogens with one attached hydrogen (secondary N) is 1. The second kappa shape index (κ2) is 7.66. The highest BCUT2D eigenvalue weighted by molar-refractivity contribution is 6.31. The molecule has 1 amide bonds. The third kappa shape index (κ3) is 4.61. The summed E-state index contributed by atoms with van der Waals surface area (Å²) in [5.41, 5.74) is 7.75. The van der Waals surface area contributed by atoms with Crippen molar-refractivity contribution in [3.8, 4) is 0 Å². The zero-order chi connectivity index (χ0) is 15.2. The van der Waals surface area contributed by atoms with Crippen molar-refractivity contribution < 1.29 is 4.79 Å². The van der Waals surface area contributed by atoms with Crippen molar-refractivity contribution in [1.29, 1.82) is 0 Å². The van der Waals surface area contributed by atoms with Crippen molar-refractivity contribution >= 4 is 23.2 Å². The molecule has 1 atom stereocenters. The first-order valence-electron chi connectivity index (χ1n) is 7.60. The average molecular weight is 310 g/mol. The van der Waals surface area contributed by atoms with Gasteiger partial charge in [0.1, 0.15) is 0 Å². The molecule has 5 heteroatoms. The van der Waals surface area contributed by atoms with Crippen molar-refractivity contribution in [1.82, 2.24) is 4.90 Å². The number of piperidine rings is 1. The van der Waals surface area contributed by atoms with Crippen LogP contribution >= 0.6 is 11.6 Å². The monoisotopic (exact) mass is 309 g/mol. The lowest BCUT2D eigenvalue weighted by Crippen LogP contribution is -2.40. The highest BCUT2D eigenvalue weighted by Crippen LogP contribution is 2.21. The quantitative estimate of drug-likeness (QED) is 0.879. The summed E-state index contributed by atoms with van der Waals surface area (Å²) in [6.45, 7) is 4.15. The molecule has 1 fully saturated rings. The maximum atomic E-state index is 12.3. The van der Waals surface area contributed by atoms with Crippen LogP contribution in [0.15, 0.2) is 18.2 Å². The van der Waals surface area contributed by atoms with E-state index < -0.39 is 0 Å². The first-order chi connectivity index (χ1) is 10.1. The van der Waals surface area contributed by atoms with Gasteiger partial charge in [0.15, 0.2) is 0 Å². The van der Waals surface area contributed by atoms with Gasteiger partial charge < -0.3 is 16.0 Å². The Hall–Kier alpha value is -1.26. The van der Waals surface area contributed by atoms with Crippen molar-refractivity contribution in [2.75, 3.05) is 25.0 Å². The fraction of sp³-hybridized carbons (Fsp3) is 0.562. The van der Waals surface area contributed by atoms with E-state index in [4.69, 9.17) is 17.3 Å². The summed E-state index contributed by atoms with van der Waals surface area (Å²) in [7, 11) is 0. The van der Waals surface area contributed by atoms with Gasteiger partial charge in [-0.05, 0) is 43.9 Å². The number of hydrogen-bond donors (Lipinski definition) is 2. The van der Waals surface area contributed by atoms with Gasteiger partial charge in [0.2, 0.25) is 5.91 Å². The summed E-state index contributed by atoms with van der Waals surface area (Å²) in [5.74, 6) is 0.191. The number of carbonyl (C=O) groups excluding carboxylic acids is 1. The SMILES string of the molecule is Cc1ccc(NC(CN)CC(=O)N2CCCCC2)cc1Cl. The molecule has 1 aromatic carbocycles. The molecule has 3 N–H and O–H groups in total. The number of carbonyl (C=O) groups is 1. The van der Waals surface area contributed by atoms with Gasteiger partial charge in [-0.15, -0.1) is 0 Å². The van der Waals surface area contributed by atoms with E-state index in [2.05, 4.69) is 5.32 Å². The van der Waals surface area contributed by atoms with E-state index >= 15 is 0 Å². The number of aryl methyl sites for hydroxylation is 1. The van der Waals surface area contributed by atoms with Crippen LogP contribution in [0, 0.1) is 6.92 Å². The molecule has 2 rings (SSSR count). The van der Waals surface area contributed by atoms with Crippen LogP contribution in [0.3, 0.4) is 0 Å². The minimum Gasteiger partial charge on any atom is -0.380 e. The Bertz CT molecular complexity index is 486. The Morgan fingerprint density at radius 3 is 2.71 bits per heavy atom. The Balaban J connectivity index is 1.92. The normalized spacial score (nSPS) is 16.6. The van der Waals surface area contributed by atoms with E-state index in [1.54, 1.807) is 0 Å². The second-order valence-electron chi connectivity index (χ2n) is 5.69. The summed E-state index contributed by atoms with van der Waals surface area (Å²) in [4.78, 5) is 14.2. The molecule has 0 aliphatic carbocycles. The van der Waals surface area contributed by atoms with E-state index in [0.717, 1.165) is 42.2 Å². The lowest BCUT2D eigenvalue weighted by atomic mass is 10.1. The summed E-state index contributed by atoms with van der Waals surface area (Å²) >= 11 is 6.12. The molecule has 4 nitrogen and oxygen atoms in total. The third-order valence-corrected chi connectivity index (χ3v) is 4.36. The Labute approximate surface area is 131 Å². The first-order valence-corrected chi connectivity index (χ1v) is 7.98. The van der Waals surface area contributed by atoms with Crippen LogP contribution < -0.4 is 11.1 Å². The average Bonchev–Trinajstić information content (AvgIpc) is 2.51. The minimum atomic E-state index is -0.0572. The van der Waals surface area contributed by atoms with Crippen LogP contribution in [0.2, 0.25) is 5.02 Å². The van der Waals surface area contributed by atoms with E-state index in [1.807, 2.05) is 30.0 Å². The molecular formula is C16H24ClN3O. The maximum absolute atomic E-state index is 12.3. The van der Waals surface area contributed by atoms with Gasteiger partial charge in [-0.25, -0.2) is 0 Å². The zero-order valence-corrected chi connectivity index (χ0v) is 13.3. The number of hydrogen-bond acceptors (Lipinski definition) is 3. The Morgan fingerprint density at radius 1 is 1.38 bits per heavy atom. The predicted molar refractivity (Wildman–Crippen MR) is 87.7 cm³/mol. The van der Waals surface area contributed by atoms with Crippen LogP contribution in [0.1, 0.15) is 31.2 Å². The van der Waals surface area contributed by atoms with Crippen LogP contribution in [-0.2, 0) is 4.79 Å². The molecule has 21 heavy (non-hydrogen) atoms. The number of amides is 1. The third-order valence-electron chi connectivity index (χ3n) is 3.96. The van der Waals surface area contributed by atoms with Gasteiger partial charge in [-0.2, -0.15) is 0 Å². The molecule has 0 bridgehead atoms. The fourth-order valence-corrected chi connectivity index (χ4v) is 2.78. The first kappa shape index (κ1) is 16.1. The molecular weight excluding hydrogens is 286 g/mol. The van der Waals surface area contributed by atoms with Gasteiger partial charge in [0.05, 0.1) is 0 Å². The van der Waals surface area contributed by atoms with E-state index in [9.17, 15) is 4.79 Å². The Morgan fingerprint density at radius 2 is 2.10 bits per heavy atom. The number of anilines is 1. The Kier molecular flexibility index (Phi) is 5.88. The summed E-state index contributed by atoms with van der Waals surface area (Å²) in [5, 5.41) is 4.03. The minimum absolute atomic E-state index is 0.0572. The van der Waals surface area contributed by atoms with Gasteiger partial charge in [0.25, 0.3) is 0 Å². The predicted octanol–water partition coefficient (Wildman–Crippen LogP) is 2.79.